The first-order chi connectivity index (χ1) is 10.7. The number of nitrogens with zero attached hydrogens (tertiary/aromatic N) is 5. The van der Waals surface area contributed by atoms with Crippen molar-refractivity contribution in [3.05, 3.63) is 59.5 Å². The SMILES string of the molecule is Cc1noc(CNC(=O)c2cn(Cc3ccccc3)nn2)n1. The molecule has 0 unspecified atom stereocenters. The van der Waals surface area contributed by atoms with E-state index >= 15 is 0 Å². The van der Waals surface area contributed by atoms with Crippen molar-refractivity contribution < 1.29 is 9.32 Å². The maximum Gasteiger partial charge on any atom is 0.273 e. The van der Waals surface area contributed by atoms with Gasteiger partial charge in [-0.1, -0.05) is 40.7 Å². The molecule has 8 nitrogen and oxygen atoms in total. The van der Waals surface area contributed by atoms with E-state index in [1.807, 2.05) is 30.3 Å². The van der Waals surface area contributed by atoms with Crippen LogP contribution in [-0.4, -0.2) is 31.0 Å². The van der Waals surface area contributed by atoms with Crippen LogP contribution in [0.1, 0.15) is 27.8 Å². The van der Waals surface area contributed by atoms with Crippen LogP contribution in [-0.2, 0) is 13.1 Å². The normalized spacial score (nSPS) is 10.6. The van der Waals surface area contributed by atoms with Gasteiger partial charge in [-0.3, -0.25) is 4.79 Å². The zero-order valence-electron chi connectivity index (χ0n) is 11.9. The minimum atomic E-state index is -0.338. The summed E-state index contributed by atoms with van der Waals surface area (Å²) in [4.78, 5) is 16.0. The number of amides is 1. The fraction of sp³-hybridized carbons (Fsp3) is 0.214. The summed E-state index contributed by atoms with van der Waals surface area (Å²) in [7, 11) is 0. The minimum absolute atomic E-state index is 0.158. The molecular weight excluding hydrogens is 284 g/mol. The predicted octanol–water partition coefficient (Wildman–Crippen LogP) is 0.948. The molecule has 0 radical (unpaired) electrons. The monoisotopic (exact) mass is 298 g/mol. The highest BCUT2D eigenvalue weighted by Crippen LogP contribution is 2.02. The van der Waals surface area contributed by atoms with Crippen molar-refractivity contribution in [3.63, 3.8) is 0 Å². The van der Waals surface area contributed by atoms with Crippen molar-refractivity contribution in [2.45, 2.75) is 20.0 Å². The van der Waals surface area contributed by atoms with E-state index in [4.69, 9.17) is 4.52 Å². The molecule has 0 aliphatic heterocycles. The standard InChI is InChI=1S/C14H14N6O2/c1-10-16-13(22-18-10)7-15-14(21)12-9-20(19-17-12)8-11-5-3-2-4-6-11/h2-6,9H,7-8H2,1H3,(H,15,21). The van der Waals surface area contributed by atoms with Gasteiger partial charge in [-0.15, -0.1) is 5.10 Å². The molecule has 3 aromatic rings. The number of hydrogen-bond acceptors (Lipinski definition) is 6. The number of carbonyl (C=O) groups excluding carboxylic acids is 1. The molecule has 112 valence electrons. The molecule has 0 fully saturated rings. The van der Waals surface area contributed by atoms with Crippen molar-refractivity contribution in [1.82, 2.24) is 30.5 Å². The third-order valence-electron chi connectivity index (χ3n) is 2.93. The van der Waals surface area contributed by atoms with Crippen LogP contribution in [0.25, 0.3) is 0 Å². The van der Waals surface area contributed by atoms with E-state index in [2.05, 4.69) is 25.8 Å². The molecule has 8 heteroatoms. The lowest BCUT2D eigenvalue weighted by atomic mass is 10.2. The molecule has 3 rings (SSSR count). The number of hydrogen-bond donors (Lipinski definition) is 1. The number of nitrogens with one attached hydrogen (secondary N) is 1. The fourth-order valence-corrected chi connectivity index (χ4v) is 1.91. The van der Waals surface area contributed by atoms with E-state index in [9.17, 15) is 4.79 Å². The second-order valence-electron chi connectivity index (χ2n) is 4.70. The minimum Gasteiger partial charge on any atom is -0.342 e. The molecule has 1 N–H and O–H groups in total. The third kappa shape index (κ3) is 3.35. The van der Waals surface area contributed by atoms with Gasteiger partial charge in [0.1, 0.15) is 0 Å². The molecule has 0 spiro atoms. The molecular formula is C14H14N6O2. The number of aryl methyl sites for hydroxylation is 1. The number of carbonyl (C=O) groups is 1. The van der Waals surface area contributed by atoms with Crippen LogP contribution < -0.4 is 5.32 Å². The highest BCUT2D eigenvalue weighted by atomic mass is 16.5. The first-order valence-electron chi connectivity index (χ1n) is 6.72. The van der Waals surface area contributed by atoms with Crippen molar-refractivity contribution in [3.8, 4) is 0 Å². The van der Waals surface area contributed by atoms with Crippen LogP contribution in [0.15, 0.2) is 41.1 Å². The molecule has 1 aromatic carbocycles. The summed E-state index contributed by atoms with van der Waals surface area (Å²) in [6.07, 6.45) is 1.60. The number of rotatable bonds is 5. The van der Waals surface area contributed by atoms with Gasteiger partial charge in [0.25, 0.3) is 5.91 Å². The van der Waals surface area contributed by atoms with E-state index in [1.54, 1.807) is 17.8 Å². The van der Waals surface area contributed by atoms with Gasteiger partial charge >= 0.3 is 0 Å². The molecule has 0 aliphatic carbocycles. The summed E-state index contributed by atoms with van der Waals surface area (Å²) in [5, 5.41) is 14.1. The maximum atomic E-state index is 12.0. The largest absolute Gasteiger partial charge is 0.342 e. The summed E-state index contributed by atoms with van der Waals surface area (Å²) in [6.45, 7) is 2.43. The lowest BCUT2D eigenvalue weighted by Gasteiger charge is -1.99. The van der Waals surface area contributed by atoms with Crippen molar-refractivity contribution in [2.75, 3.05) is 0 Å². The van der Waals surface area contributed by atoms with Gasteiger partial charge in [-0.05, 0) is 12.5 Å². The molecule has 0 aliphatic rings. The van der Waals surface area contributed by atoms with Crippen molar-refractivity contribution in [2.24, 2.45) is 0 Å². The number of aromatic nitrogens is 5. The summed E-state index contributed by atoms with van der Waals surface area (Å²) >= 11 is 0. The van der Waals surface area contributed by atoms with Crippen molar-refractivity contribution >= 4 is 5.91 Å². The van der Waals surface area contributed by atoms with Crippen molar-refractivity contribution in [1.29, 1.82) is 0 Å². The van der Waals surface area contributed by atoms with Gasteiger partial charge < -0.3 is 9.84 Å². The van der Waals surface area contributed by atoms with Crippen LogP contribution in [0.5, 0.6) is 0 Å². The van der Waals surface area contributed by atoms with Crippen LogP contribution in [0, 0.1) is 6.92 Å². The van der Waals surface area contributed by atoms with E-state index in [0.29, 0.717) is 18.3 Å². The smallest absolute Gasteiger partial charge is 0.273 e. The lowest BCUT2D eigenvalue weighted by Crippen LogP contribution is -2.23. The van der Waals surface area contributed by atoms with Gasteiger partial charge in [-0.2, -0.15) is 4.98 Å². The molecule has 0 atom stereocenters. The van der Waals surface area contributed by atoms with Gasteiger partial charge in [-0.25, -0.2) is 4.68 Å². The quantitative estimate of drug-likeness (QED) is 0.753. The summed E-state index contributed by atoms with van der Waals surface area (Å²) in [5.74, 6) is 0.538. The van der Waals surface area contributed by atoms with Crippen LogP contribution in [0.3, 0.4) is 0 Å². The van der Waals surface area contributed by atoms with E-state index < -0.39 is 0 Å². The first-order valence-corrected chi connectivity index (χ1v) is 6.72. The lowest BCUT2D eigenvalue weighted by molar-refractivity contribution is 0.0941. The van der Waals surface area contributed by atoms with Gasteiger partial charge in [0.2, 0.25) is 5.89 Å². The third-order valence-corrected chi connectivity index (χ3v) is 2.93. The Bertz CT molecular complexity index is 765. The predicted molar refractivity (Wildman–Crippen MR) is 75.8 cm³/mol. The first kappa shape index (κ1) is 13.9. The maximum absolute atomic E-state index is 12.0. The summed E-state index contributed by atoms with van der Waals surface area (Å²) < 4.78 is 6.53. The Balaban J connectivity index is 1.59. The molecule has 0 saturated heterocycles. The molecule has 1 amide bonds. The Hall–Kier alpha value is -3.03. The average molecular weight is 298 g/mol. The number of benzene rings is 1. The molecule has 0 bridgehead atoms. The Morgan fingerprint density at radius 3 is 2.86 bits per heavy atom. The average Bonchev–Trinajstić information content (AvgIpc) is 3.15. The van der Waals surface area contributed by atoms with E-state index in [1.165, 1.54) is 0 Å². The fourth-order valence-electron chi connectivity index (χ4n) is 1.91. The zero-order chi connectivity index (χ0) is 15.4. The molecule has 22 heavy (non-hydrogen) atoms. The highest BCUT2D eigenvalue weighted by molar-refractivity contribution is 5.91. The highest BCUT2D eigenvalue weighted by Gasteiger charge is 2.12. The van der Waals surface area contributed by atoms with E-state index in [0.717, 1.165) is 5.56 Å². The van der Waals surface area contributed by atoms with Crippen LogP contribution in [0.4, 0.5) is 0 Å². The van der Waals surface area contributed by atoms with Crippen LogP contribution in [0.2, 0.25) is 0 Å². The molecule has 2 heterocycles. The summed E-state index contributed by atoms with van der Waals surface area (Å²) in [6, 6.07) is 9.82. The topological polar surface area (TPSA) is 98.7 Å². The van der Waals surface area contributed by atoms with Gasteiger partial charge in [0, 0.05) is 0 Å². The van der Waals surface area contributed by atoms with Crippen LogP contribution >= 0.6 is 0 Å². The molecule has 0 saturated carbocycles. The Labute approximate surface area is 126 Å². The zero-order valence-corrected chi connectivity index (χ0v) is 11.9. The van der Waals surface area contributed by atoms with Gasteiger partial charge in [0.05, 0.1) is 19.3 Å². The Morgan fingerprint density at radius 1 is 1.32 bits per heavy atom. The summed E-state index contributed by atoms with van der Waals surface area (Å²) in [5.41, 5.74) is 1.33. The Morgan fingerprint density at radius 2 is 2.14 bits per heavy atom. The Kier molecular flexibility index (Phi) is 3.90. The van der Waals surface area contributed by atoms with Gasteiger partial charge in [0.15, 0.2) is 11.5 Å². The second kappa shape index (κ2) is 6.17. The van der Waals surface area contributed by atoms with E-state index in [-0.39, 0.29) is 18.1 Å². The second-order valence-corrected chi connectivity index (χ2v) is 4.70. The molecule has 2 aromatic heterocycles.